The SMILES string of the molecule is CCCCN(C)CC1CCN(C(=O)Nc2ccc(C)c(Br)c2)CC1. The summed E-state index contributed by atoms with van der Waals surface area (Å²) in [6.07, 6.45) is 4.71. The standard InChI is InChI=1S/C19H30BrN3O/c1-4-5-10-22(3)14-16-8-11-23(12-9-16)19(24)21-17-7-6-15(2)18(20)13-17/h6-7,13,16H,4-5,8-12,14H2,1-3H3,(H,21,24). The first-order valence-electron chi connectivity index (χ1n) is 9.00. The number of nitrogens with zero attached hydrogens (tertiary/aromatic N) is 2. The van der Waals surface area contributed by atoms with Crippen molar-refractivity contribution < 1.29 is 4.79 Å². The quantitative estimate of drug-likeness (QED) is 0.754. The number of anilines is 1. The number of urea groups is 1. The molecule has 1 aliphatic heterocycles. The van der Waals surface area contributed by atoms with E-state index >= 15 is 0 Å². The minimum Gasteiger partial charge on any atom is -0.325 e. The molecule has 0 radical (unpaired) electrons. The van der Waals surface area contributed by atoms with E-state index < -0.39 is 0 Å². The van der Waals surface area contributed by atoms with Crippen LogP contribution in [0, 0.1) is 12.8 Å². The number of carbonyl (C=O) groups is 1. The molecule has 2 rings (SSSR count). The highest BCUT2D eigenvalue weighted by atomic mass is 79.9. The van der Waals surface area contributed by atoms with Gasteiger partial charge in [-0.25, -0.2) is 4.79 Å². The highest BCUT2D eigenvalue weighted by molar-refractivity contribution is 9.10. The molecular weight excluding hydrogens is 366 g/mol. The fourth-order valence-electron chi connectivity index (χ4n) is 3.15. The predicted molar refractivity (Wildman–Crippen MR) is 105 cm³/mol. The summed E-state index contributed by atoms with van der Waals surface area (Å²) in [5.41, 5.74) is 2.01. The smallest absolute Gasteiger partial charge is 0.321 e. The normalized spacial score (nSPS) is 15.8. The number of piperidine rings is 1. The van der Waals surface area contributed by atoms with Crippen LogP contribution in [0.5, 0.6) is 0 Å². The number of aryl methyl sites for hydroxylation is 1. The summed E-state index contributed by atoms with van der Waals surface area (Å²) in [6, 6.07) is 5.94. The van der Waals surface area contributed by atoms with Crippen molar-refractivity contribution in [2.75, 3.05) is 38.5 Å². The first kappa shape index (κ1) is 19.3. The zero-order valence-corrected chi connectivity index (χ0v) is 16.7. The van der Waals surface area contributed by atoms with Crippen molar-refractivity contribution in [3.8, 4) is 0 Å². The van der Waals surface area contributed by atoms with Crippen LogP contribution in [0.25, 0.3) is 0 Å². The Labute approximate surface area is 154 Å². The molecule has 1 heterocycles. The third-order valence-corrected chi connectivity index (χ3v) is 5.64. The van der Waals surface area contributed by atoms with Crippen molar-refractivity contribution in [1.29, 1.82) is 0 Å². The number of nitrogens with one attached hydrogen (secondary N) is 1. The first-order valence-corrected chi connectivity index (χ1v) is 9.79. The maximum Gasteiger partial charge on any atom is 0.321 e. The fraction of sp³-hybridized carbons (Fsp3) is 0.632. The number of carbonyl (C=O) groups excluding carboxylic acids is 1. The monoisotopic (exact) mass is 395 g/mol. The average molecular weight is 396 g/mol. The van der Waals surface area contributed by atoms with Crippen LogP contribution >= 0.6 is 15.9 Å². The number of unbranched alkanes of at least 4 members (excludes halogenated alkanes) is 1. The van der Waals surface area contributed by atoms with Crippen LogP contribution in [0.4, 0.5) is 10.5 Å². The van der Waals surface area contributed by atoms with Crippen LogP contribution in [0.1, 0.15) is 38.2 Å². The highest BCUT2D eigenvalue weighted by Crippen LogP contribution is 2.22. The van der Waals surface area contributed by atoms with Crippen LogP contribution in [0.15, 0.2) is 22.7 Å². The molecule has 0 unspecified atom stereocenters. The summed E-state index contributed by atoms with van der Waals surface area (Å²) in [7, 11) is 2.21. The number of hydrogen-bond donors (Lipinski definition) is 1. The molecule has 4 nitrogen and oxygen atoms in total. The van der Waals surface area contributed by atoms with Crippen molar-refractivity contribution in [1.82, 2.24) is 9.80 Å². The first-order chi connectivity index (χ1) is 11.5. The molecule has 0 aliphatic carbocycles. The van der Waals surface area contributed by atoms with Crippen LogP contribution in [-0.2, 0) is 0 Å². The Kier molecular flexibility index (Phi) is 7.56. The molecule has 134 valence electrons. The maximum atomic E-state index is 12.4. The Balaban J connectivity index is 1.77. The molecule has 5 heteroatoms. The van der Waals surface area contributed by atoms with E-state index in [2.05, 4.69) is 40.1 Å². The lowest BCUT2D eigenvalue weighted by molar-refractivity contribution is 0.163. The van der Waals surface area contributed by atoms with E-state index in [1.165, 1.54) is 24.9 Å². The number of rotatable bonds is 6. The second kappa shape index (κ2) is 9.42. The molecule has 0 spiro atoms. The molecule has 0 aromatic heterocycles. The average Bonchev–Trinajstić information content (AvgIpc) is 2.57. The van der Waals surface area contributed by atoms with E-state index in [1.807, 2.05) is 30.0 Å². The molecular formula is C19H30BrN3O. The van der Waals surface area contributed by atoms with Crippen LogP contribution in [0.3, 0.4) is 0 Å². The van der Waals surface area contributed by atoms with Gasteiger partial charge < -0.3 is 15.1 Å². The number of hydrogen-bond acceptors (Lipinski definition) is 2. The molecule has 1 aromatic rings. The van der Waals surface area contributed by atoms with Gasteiger partial charge in [-0.2, -0.15) is 0 Å². The molecule has 0 atom stereocenters. The summed E-state index contributed by atoms with van der Waals surface area (Å²) in [4.78, 5) is 16.8. The van der Waals surface area contributed by atoms with Gasteiger partial charge in [-0.3, -0.25) is 0 Å². The van der Waals surface area contributed by atoms with Gasteiger partial charge >= 0.3 is 6.03 Å². The van der Waals surface area contributed by atoms with Gasteiger partial charge in [0.25, 0.3) is 0 Å². The van der Waals surface area contributed by atoms with Crippen LogP contribution in [-0.4, -0.2) is 49.1 Å². The summed E-state index contributed by atoms with van der Waals surface area (Å²) >= 11 is 3.51. The van der Waals surface area contributed by atoms with Crippen molar-refractivity contribution in [2.45, 2.75) is 39.5 Å². The summed E-state index contributed by atoms with van der Waals surface area (Å²) < 4.78 is 1.02. The van der Waals surface area contributed by atoms with Gasteiger partial charge in [0.1, 0.15) is 0 Å². The second-order valence-electron chi connectivity index (χ2n) is 6.94. The molecule has 2 amide bonds. The van der Waals surface area contributed by atoms with Crippen molar-refractivity contribution in [2.24, 2.45) is 5.92 Å². The number of benzene rings is 1. The van der Waals surface area contributed by atoms with E-state index in [0.717, 1.165) is 42.6 Å². The predicted octanol–water partition coefficient (Wildman–Crippen LogP) is 4.73. The van der Waals surface area contributed by atoms with Crippen LogP contribution in [0.2, 0.25) is 0 Å². The van der Waals surface area contributed by atoms with Gasteiger partial charge in [0.15, 0.2) is 0 Å². The fourth-order valence-corrected chi connectivity index (χ4v) is 3.53. The van der Waals surface area contributed by atoms with E-state index in [-0.39, 0.29) is 6.03 Å². The second-order valence-corrected chi connectivity index (χ2v) is 7.79. The Morgan fingerprint density at radius 3 is 2.71 bits per heavy atom. The van der Waals surface area contributed by atoms with Crippen LogP contribution < -0.4 is 5.32 Å². The molecule has 1 saturated heterocycles. The maximum absolute atomic E-state index is 12.4. The Bertz CT molecular complexity index is 541. The Morgan fingerprint density at radius 2 is 2.08 bits per heavy atom. The summed E-state index contributed by atoms with van der Waals surface area (Å²) in [5.74, 6) is 0.712. The molecule has 1 fully saturated rings. The van der Waals surface area contributed by atoms with Gasteiger partial charge in [0, 0.05) is 29.8 Å². The number of amides is 2. The molecule has 1 N–H and O–H groups in total. The summed E-state index contributed by atoms with van der Waals surface area (Å²) in [5, 5.41) is 3.01. The van der Waals surface area contributed by atoms with Gasteiger partial charge in [-0.1, -0.05) is 35.3 Å². The molecule has 0 bridgehead atoms. The van der Waals surface area contributed by atoms with Gasteiger partial charge in [-0.05, 0) is 63.4 Å². The minimum atomic E-state index is 0.0172. The lowest BCUT2D eigenvalue weighted by atomic mass is 9.96. The van der Waals surface area contributed by atoms with Gasteiger partial charge in [0.05, 0.1) is 0 Å². The van der Waals surface area contributed by atoms with E-state index in [4.69, 9.17) is 0 Å². The minimum absolute atomic E-state index is 0.0172. The number of likely N-dealkylation sites (tertiary alicyclic amines) is 1. The Hall–Kier alpha value is -1.07. The molecule has 24 heavy (non-hydrogen) atoms. The van der Waals surface area contributed by atoms with E-state index in [9.17, 15) is 4.79 Å². The third kappa shape index (κ3) is 5.78. The Morgan fingerprint density at radius 1 is 1.38 bits per heavy atom. The number of halogens is 1. The summed E-state index contributed by atoms with van der Waals surface area (Å²) in [6.45, 7) is 8.31. The lowest BCUT2D eigenvalue weighted by Gasteiger charge is -2.34. The van der Waals surface area contributed by atoms with Crippen molar-refractivity contribution in [3.63, 3.8) is 0 Å². The van der Waals surface area contributed by atoms with Crippen molar-refractivity contribution >= 4 is 27.6 Å². The molecule has 1 aliphatic rings. The van der Waals surface area contributed by atoms with Gasteiger partial charge in [-0.15, -0.1) is 0 Å². The largest absolute Gasteiger partial charge is 0.325 e. The third-order valence-electron chi connectivity index (χ3n) is 4.79. The van der Waals surface area contributed by atoms with E-state index in [1.54, 1.807) is 0 Å². The van der Waals surface area contributed by atoms with E-state index in [0.29, 0.717) is 5.92 Å². The van der Waals surface area contributed by atoms with Crippen molar-refractivity contribution in [3.05, 3.63) is 28.2 Å². The molecule has 1 aromatic carbocycles. The topological polar surface area (TPSA) is 35.6 Å². The zero-order valence-electron chi connectivity index (χ0n) is 15.1. The highest BCUT2D eigenvalue weighted by Gasteiger charge is 2.23. The lowest BCUT2D eigenvalue weighted by Crippen LogP contribution is -2.43. The zero-order chi connectivity index (χ0) is 17.5. The molecule has 0 saturated carbocycles. The van der Waals surface area contributed by atoms with Gasteiger partial charge in [0.2, 0.25) is 0 Å².